The molecule has 2 aliphatic rings. The van der Waals surface area contributed by atoms with Crippen LogP contribution in [0.4, 0.5) is 9.18 Å². The van der Waals surface area contributed by atoms with Crippen molar-refractivity contribution in [3.8, 4) is 11.3 Å². The van der Waals surface area contributed by atoms with E-state index in [1.165, 1.54) is 18.7 Å². The van der Waals surface area contributed by atoms with Gasteiger partial charge in [0.1, 0.15) is 18.0 Å². The fourth-order valence-electron chi connectivity index (χ4n) is 3.69. The first-order valence-electron chi connectivity index (χ1n) is 9.87. The molecule has 4 N–H and O–H groups in total. The Bertz CT molecular complexity index is 828. The lowest BCUT2D eigenvalue weighted by atomic mass is 9.99. The first-order chi connectivity index (χ1) is 14.1. The van der Waals surface area contributed by atoms with Gasteiger partial charge >= 0.3 is 6.09 Å². The smallest absolute Gasteiger partial charge is 0.407 e. The van der Waals surface area contributed by atoms with E-state index in [1.54, 1.807) is 12.1 Å². The van der Waals surface area contributed by atoms with Crippen LogP contribution < -0.4 is 16.0 Å². The summed E-state index contributed by atoms with van der Waals surface area (Å²) in [4.78, 5) is 15.9. The van der Waals surface area contributed by atoms with Crippen molar-refractivity contribution in [3.05, 3.63) is 42.2 Å². The summed E-state index contributed by atoms with van der Waals surface area (Å²) in [6.45, 7) is 1.81. The van der Waals surface area contributed by atoms with E-state index in [9.17, 15) is 14.3 Å². The molecule has 9 heteroatoms. The summed E-state index contributed by atoms with van der Waals surface area (Å²) in [6, 6.07) is 4.88. The zero-order chi connectivity index (χ0) is 20.2. The molecular formula is C20H25FN4O4. The Morgan fingerprint density at radius 3 is 2.97 bits per heavy atom. The highest BCUT2D eigenvalue weighted by atomic mass is 19.1. The zero-order valence-corrected chi connectivity index (χ0v) is 15.9. The van der Waals surface area contributed by atoms with E-state index in [4.69, 9.17) is 9.15 Å². The standard InChI is InChI=1S/C20H25FN4O4/c21-15-7-13(18-10-22-11-28-18)2-1-12(15)8-16-19(17(26)9-25-16)29-20(27)24-6-4-14-3-5-23-14/h1-2,7,10-11,14,16-17,19,23,25-26H,3-6,8-9H2,(H,24,27)/t14-,16+,17-,19-/m0/s1. The number of carbonyl (C=O) groups is 1. The van der Waals surface area contributed by atoms with E-state index in [0.29, 0.717) is 29.5 Å². The number of nitrogens with one attached hydrogen (secondary N) is 3. The molecule has 2 aromatic rings. The highest BCUT2D eigenvalue weighted by molar-refractivity contribution is 5.67. The first kappa shape index (κ1) is 19.8. The zero-order valence-electron chi connectivity index (χ0n) is 15.9. The van der Waals surface area contributed by atoms with Crippen LogP contribution in [0.5, 0.6) is 0 Å². The van der Waals surface area contributed by atoms with Gasteiger partial charge in [0.15, 0.2) is 12.2 Å². The van der Waals surface area contributed by atoms with Crippen molar-refractivity contribution in [2.24, 2.45) is 0 Å². The van der Waals surface area contributed by atoms with Crippen LogP contribution >= 0.6 is 0 Å². The Hall–Kier alpha value is -2.49. The molecule has 29 heavy (non-hydrogen) atoms. The Kier molecular flexibility index (Phi) is 6.08. The molecule has 2 fully saturated rings. The second-order valence-electron chi connectivity index (χ2n) is 7.48. The third kappa shape index (κ3) is 4.75. The average molecular weight is 404 g/mol. The molecular weight excluding hydrogens is 379 g/mol. The number of aromatic nitrogens is 1. The number of oxazole rings is 1. The molecule has 8 nitrogen and oxygen atoms in total. The van der Waals surface area contributed by atoms with Crippen LogP contribution in [0.25, 0.3) is 11.3 Å². The van der Waals surface area contributed by atoms with Crippen LogP contribution in [0.1, 0.15) is 18.4 Å². The van der Waals surface area contributed by atoms with Gasteiger partial charge in [-0.3, -0.25) is 0 Å². The second kappa shape index (κ2) is 8.89. The Morgan fingerprint density at radius 1 is 1.41 bits per heavy atom. The van der Waals surface area contributed by atoms with Crippen LogP contribution in [0.3, 0.4) is 0 Å². The molecule has 0 saturated carbocycles. The minimum atomic E-state index is -0.837. The molecule has 1 aromatic heterocycles. The molecule has 4 atom stereocenters. The van der Waals surface area contributed by atoms with Crippen molar-refractivity contribution in [1.82, 2.24) is 20.9 Å². The third-order valence-electron chi connectivity index (χ3n) is 5.51. The van der Waals surface area contributed by atoms with Gasteiger partial charge in [0.25, 0.3) is 0 Å². The van der Waals surface area contributed by atoms with Gasteiger partial charge < -0.3 is 30.2 Å². The van der Waals surface area contributed by atoms with E-state index in [1.807, 2.05) is 0 Å². The summed E-state index contributed by atoms with van der Waals surface area (Å²) in [7, 11) is 0. The molecule has 2 saturated heterocycles. The average Bonchev–Trinajstić information content (AvgIpc) is 3.31. The van der Waals surface area contributed by atoms with Crippen molar-refractivity contribution >= 4 is 6.09 Å². The number of benzene rings is 1. The van der Waals surface area contributed by atoms with Gasteiger partial charge in [-0.25, -0.2) is 14.2 Å². The van der Waals surface area contributed by atoms with Gasteiger partial charge in [0, 0.05) is 24.7 Å². The minimum Gasteiger partial charge on any atom is -0.444 e. The Balaban J connectivity index is 1.34. The topological polar surface area (TPSA) is 109 Å². The predicted molar refractivity (Wildman–Crippen MR) is 103 cm³/mol. The lowest BCUT2D eigenvalue weighted by molar-refractivity contribution is 0.0188. The van der Waals surface area contributed by atoms with Crippen LogP contribution in [0.15, 0.2) is 35.2 Å². The number of alkyl carbamates (subject to hydrolysis) is 1. The molecule has 0 aliphatic carbocycles. The van der Waals surface area contributed by atoms with Gasteiger partial charge in [0.05, 0.1) is 12.2 Å². The van der Waals surface area contributed by atoms with Crippen LogP contribution in [0.2, 0.25) is 0 Å². The molecule has 156 valence electrons. The SMILES string of the molecule is O=C(NCC[C@@H]1CCN1)O[C@@H]1[C@@H](O)CN[C@@H]1Cc1ccc(-c2cnco2)cc1F. The third-order valence-corrected chi connectivity index (χ3v) is 5.51. The van der Waals surface area contributed by atoms with Gasteiger partial charge in [-0.05, 0) is 37.4 Å². The molecule has 0 bridgehead atoms. The predicted octanol–water partition coefficient (Wildman–Crippen LogP) is 1.20. The van der Waals surface area contributed by atoms with Crippen molar-refractivity contribution in [2.75, 3.05) is 19.6 Å². The van der Waals surface area contributed by atoms with Gasteiger partial charge in [-0.2, -0.15) is 0 Å². The van der Waals surface area contributed by atoms with Crippen molar-refractivity contribution in [2.45, 2.75) is 43.6 Å². The lowest BCUT2D eigenvalue weighted by Crippen LogP contribution is -2.46. The summed E-state index contributed by atoms with van der Waals surface area (Å²) in [5.41, 5.74) is 1.06. The van der Waals surface area contributed by atoms with E-state index < -0.39 is 24.1 Å². The van der Waals surface area contributed by atoms with Gasteiger partial charge in [-0.1, -0.05) is 12.1 Å². The molecule has 0 unspecified atom stereocenters. The molecule has 1 aromatic carbocycles. The van der Waals surface area contributed by atoms with Crippen LogP contribution in [-0.4, -0.2) is 60.1 Å². The highest BCUT2D eigenvalue weighted by Crippen LogP contribution is 2.24. The number of amides is 1. The number of aliphatic hydroxyl groups is 1. The number of hydrogen-bond acceptors (Lipinski definition) is 7. The van der Waals surface area contributed by atoms with Crippen molar-refractivity contribution in [3.63, 3.8) is 0 Å². The number of aliphatic hydroxyl groups excluding tert-OH is 1. The second-order valence-corrected chi connectivity index (χ2v) is 7.48. The number of nitrogens with zero attached hydrogens (tertiary/aromatic N) is 1. The van der Waals surface area contributed by atoms with E-state index in [-0.39, 0.29) is 19.0 Å². The maximum Gasteiger partial charge on any atom is 0.407 e. The minimum absolute atomic E-state index is 0.281. The lowest BCUT2D eigenvalue weighted by Gasteiger charge is -2.27. The van der Waals surface area contributed by atoms with E-state index in [2.05, 4.69) is 20.9 Å². The molecule has 0 radical (unpaired) electrons. The number of β-amino-alcohol motifs (C(OH)–C–C–N with tert-alkyl or cyclic N) is 1. The van der Waals surface area contributed by atoms with Gasteiger partial charge in [0.2, 0.25) is 0 Å². The number of halogens is 1. The monoisotopic (exact) mass is 404 g/mol. The Labute approximate surface area is 167 Å². The largest absolute Gasteiger partial charge is 0.444 e. The molecule has 2 aliphatic heterocycles. The number of ether oxygens (including phenoxy) is 1. The number of carbonyl (C=O) groups excluding carboxylic acids is 1. The summed E-state index contributed by atoms with van der Waals surface area (Å²) in [5.74, 6) is 0.0955. The van der Waals surface area contributed by atoms with E-state index >= 15 is 0 Å². The molecule has 3 heterocycles. The van der Waals surface area contributed by atoms with E-state index in [0.717, 1.165) is 19.4 Å². The molecule has 4 rings (SSSR count). The fourth-order valence-corrected chi connectivity index (χ4v) is 3.69. The molecule has 1 amide bonds. The van der Waals surface area contributed by atoms with Gasteiger partial charge in [-0.15, -0.1) is 0 Å². The maximum atomic E-state index is 14.6. The fraction of sp³-hybridized carbons (Fsp3) is 0.500. The maximum absolute atomic E-state index is 14.6. The summed E-state index contributed by atoms with van der Waals surface area (Å²) < 4.78 is 25.2. The van der Waals surface area contributed by atoms with Crippen LogP contribution in [-0.2, 0) is 11.2 Å². The van der Waals surface area contributed by atoms with Crippen molar-refractivity contribution in [1.29, 1.82) is 0 Å². The van der Waals surface area contributed by atoms with Crippen LogP contribution in [0, 0.1) is 5.82 Å². The molecule has 0 spiro atoms. The summed E-state index contributed by atoms with van der Waals surface area (Å²) in [5, 5.41) is 19.3. The number of rotatable bonds is 7. The van der Waals surface area contributed by atoms with Crippen molar-refractivity contribution < 1.29 is 23.4 Å². The quantitative estimate of drug-likeness (QED) is 0.549. The highest BCUT2D eigenvalue weighted by Gasteiger charge is 2.38. The Morgan fingerprint density at radius 2 is 2.28 bits per heavy atom. The first-order valence-corrected chi connectivity index (χ1v) is 9.87. The summed E-state index contributed by atoms with van der Waals surface area (Å²) in [6.07, 6.45) is 2.90. The number of hydrogen-bond donors (Lipinski definition) is 4. The normalized spacial score (nSPS) is 26.1. The summed E-state index contributed by atoms with van der Waals surface area (Å²) >= 11 is 0.